The Hall–Kier alpha value is -6.91. The Labute approximate surface area is 306 Å². The van der Waals surface area contributed by atoms with Crippen LogP contribution in [0.1, 0.15) is 17.9 Å². The zero-order valence-corrected chi connectivity index (χ0v) is 28.7. The van der Waals surface area contributed by atoms with Gasteiger partial charge in [-0.2, -0.15) is 0 Å². The van der Waals surface area contributed by atoms with Crippen LogP contribution in [0, 0.1) is 0 Å². The molecule has 9 aromatic rings. The summed E-state index contributed by atoms with van der Waals surface area (Å²) in [6, 6.07) is 53.8. The first-order valence-electron chi connectivity index (χ1n) is 18.1. The molecule has 2 aliphatic rings. The zero-order valence-electron chi connectivity index (χ0n) is 28.7. The van der Waals surface area contributed by atoms with E-state index in [1.807, 2.05) is 12.1 Å². The highest BCUT2D eigenvalue weighted by Gasteiger charge is 2.33. The largest absolute Gasteiger partial charge is 0.461 e. The summed E-state index contributed by atoms with van der Waals surface area (Å²) in [5.74, 6) is 3.90. The van der Waals surface area contributed by atoms with Crippen LogP contribution >= 0.6 is 0 Å². The second-order valence-corrected chi connectivity index (χ2v) is 13.9. The van der Waals surface area contributed by atoms with Crippen LogP contribution in [0.5, 0.6) is 5.75 Å². The fourth-order valence-corrected chi connectivity index (χ4v) is 8.29. The maximum absolute atomic E-state index is 6.34. The molecule has 0 fully saturated rings. The minimum atomic E-state index is 0.138. The van der Waals surface area contributed by atoms with Crippen LogP contribution in [0.4, 0.5) is 0 Å². The molecule has 1 atom stereocenters. The summed E-state index contributed by atoms with van der Waals surface area (Å²) in [6.07, 6.45) is 7.22. The lowest BCUT2D eigenvalue weighted by Crippen LogP contribution is -2.04. The van der Waals surface area contributed by atoms with E-state index in [1.165, 1.54) is 43.3 Å². The van der Waals surface area contributed by atoms with E-state index < -0.39 is 0 Å². The molecule has 4 heteroatoms. The van der Waals surface area contributed by atoms with Gasteiger partial charge in [-0.3, -0.25) is 0 Å². The Balaban J connectivity index is 1.08. The molecule has 1 aromatic heterocycles. The smallest absolute Gasteiger partial charge is 0.164 e. The van der Waals surface area contributed by atoms with Gasteiger partial charge in [-0.15, -0.1) is 0 Å². The summed E-state index contributed by atoms with van der Waals surface area (Å²) in [6.45, 7) is 0. The fourth-order valence-electron chi connectivity index (χ4n) is 8.29. The normalized spacial score (nSPS) is 14.7. The van der Waals surface area contributed by atoms with Gasteiger partial charge >= 0.3 is 0 Å². The standard InChI is InChI=1S/C49H31N3O/c1-3-12-37-30(9-1)11-7-15-38(37)32-20-24-34(25-21-32)47-50-48(52-49(51-47)42-16-8-18-44-46(42)41-14-5-6-17-43(41)53-44)36-27-28-40-35(29-36)26-23-33-22-19-31-10-2-4-13-39(31)45(33)40/h1-13,15-29,41H,14H2. The van der Waals surface area contributed by atoms with Gasteiger partial charge in [0, 0.05) is 22.3 Å². The monoisotopic (exact) mass is 677 g/mol. The molecule has 0 radical (unpaired) electrons. The van der Waals surface area contributed by atoms with Crippen molar-refractivity contribution < 1.29 is 4.74 Å². The van der Waals surface area contributed by atoms with Crippen molar-refractivity contribution in [2.45, 2.75) is 12.3 Å². The molecule has 0 saturated heterocycles. The molecule has 53 heavy (non-hydrogen) atoms. The number of allylic oxidation sites excluding steroid dienone is 4. The van der Waals surface area contributed by atoms with Crippen molar-refractivity contribution in [1.82, 2.24) is 15.0 Å². The molecule has 248 valence electrons. The summed E-state index contributed by atoms with van der Waals surface area (Å²) in [7, 11) is 0. The third-order valence-electron chi connectivity index (χ3n) is 10.9. The Morgan fingerprint density at radius 3 is 1.96 bits per heavy atom. The minimum Gasteiger partial charge on any atom is -0.461 e. The first-order chi connectivity index (χ1) is 26.2. The van der Waals surface area contributed by atoms with E-state index in [-0.39, 0.29) is 5.92 Å². The molecule has 11 rings (SSSR count). The number of benzene rings is 8. The van der Waals surface area contributed by atoms with Gasteiger partial charge < -0.3 is 4.74 Å². The molecule has 0 bridgehead atoms. The second-order valence-electron chi connectivity index (χ2n) is 13.9. The Morgan fingerprint density at radius 2 is 1.09 bits per heavy atom. The molecule has 1 unspecified atom stereocenters. The van der Waals surface area contributed by atoms with Crippen LogP contribution in [0.2, 0.25) is 0 Å². The fraction of sp³-hybridized carbons (Fsp3) is 0.0408. The number of rotatable bonds is 4. The van der Waals surface area contributed by atoms with E-state index in [4.69, 9.17) is 19.7 Å². The van der Waals surface area contributed by atoms with Gasteiger partial charge in [0.1, 0.15) is 11.5 Å². The number of fused-ring (bicyclic) bond motifs is 9. The SMILES string of the molecule is C1=CCC2C(=C1)Oc1cccc(-c3nc(-c4ccc(-c5cccc6ccccc56)cc4)nc(-c4ccc5c(ccc6ccc7ccccc7c65)c4)n3)c12. The summed E-state index contributed by atoms with van der Waals surface area (Å²) < 4.78 is 6.34. The maximum Gasteiger partial charge on any atom is 0.164 e. The van der Waals surface area contributed by atoms with Crippen molar-refractivity contribution in [2.75, 3.05) is 0 Å². The van der Waals surface area contributed by atoms with E-state index in [0.29, 0.717) is 17.5 Å². The maximum atomic E-state index is 6.34. The van der Waals surface area contributed by atoms with Crippen LogP contribution < -0.4 is 4.74 Å². The van der Waals surface area contributed by atoms with E-state index in [0.717, 1.165) is 51.1 Å². The van der Waals surface area contributed by atoms with Gasteiger partial charge in [-0.25, -0.2) is 15.0 Å². The van der Waals surface area contributed by atoms with Gasteiger partial charge in [0.05, 0.1) is 5.92 Å². The van der Waals surface area contributed by atoms with Crippen LogP contribution in [-0.4, -0.2) is 15.0 Å². The average Bonchev–Trinajstić information content (AvgIpc) is 3.62. The lowest BCUT2D eigenvalue weighted by molar-refractivity contribution is 0.425. The van der Waals surface area contributed by atoms with Crippen molar-refractivity contribution in [2.24, 2.45) is 0 Å². The highest BCUT2D eigenvalue weighted by atomic mass is 16.5. The number of hydrogen-bond acceptors (Lipinski definition) is 4. The number of ether oxygens (including phenoxy) is 1. The Kier molecular flexibility index (Phi) is 6.65. The lowest BCUT2D eigenvalue weighted by Gasteiger charge is -2.15. The molecule has 0 spiro atoms. The summed E-state index contributed by atoms with van der Waals surface area (Å²) in [4.78, 5) is 15.6. The van der Waals surface area contributed by atoms with E-state index in [2.05, 4.69) is 158 Å². The molecule has 2 heterocycles. The first kappa shape index (κ1) is 29.8. The van der Waals surface area contributed by atoms with Crippen molar-refractivity contribution in [3.05, 3.63) is 181 Å². The lowest BCUT2D eigenvalue weighted by atomic mass is 9.88. The Morgan fingerprint density at radius 1 is 0.472 bits per heavy atom. The van der Waals surface area contributed by atoms with E-state index in [9.17, 15) is 0 Å². The molecule has 0 amide bonds. The van der Waals surface area contributed by atoms with Gasteiger partial charge in [0.2, 0.25) is 0 Å². The topological polar surface area (TPSA) is 47.9 Å². The first-order valence-corrected chi connectivity index (χ1v) is 18.1. The van der Waals surface area contributed by atoms with Gasteiger partial charge in [0.25, 0.3) is 0 Å². The number of nitrogens with zero attached hydrogens (tertiary/aromatic N) is 3. The predicted molar refractivity (Wildman–Crippen MR) is 217 cm³/mol. The van der Waals surface area contributed by atoms with Gasteiger partial charge in [-0.05, 0) is 78.8 Å². The van der Waals surface area contributed by atoms with Crippen molar-refractivity contribution in [1.29, 1.82) is 0 Å². The van der Waals surface area contributed by atoms with Crippen LogP contribution in [0.3, 0.4) is 0 Å². The quantitative estimate of drug-likeness (QED) is 0.174. The minimum absolute atomic E-state index is 0.138. The van der Waals surface area contributed by atoms with Crippen LogP contribution in [-0.2, 0) is 0 Å². The molecule has 1 aliphatic heterocycles. The van der Waals surface area contributed by atoms with Gasteiger partial charge in [0.15, 0.2) is 17.5 Å². The third kappa shape index (κ3) is 4.87. The molecule has 1 aliphatic carbocycles. The third-order valence-corrected chi connectivity index (χ3v) is 10.9. The van der Waals surface area contributed by atoms with Gasteiger partial charge in [-0.1, -0.05) is 152 Å². The molecule has 0 saturated carbocycles. The zero-order chi connectivity index (χ0) is 34.9. The van der Waals surface area contributed by atoms with Crippen LogP contribution in [0.15, 0.2) is 176 Å². The molecule has 4 nitrogen and oxygen atoms in total. The molecule has 8 aromatic carbocycles. The number of hydrogen-bond donors (Lipinski definition) is 0. The molecule has 0 N–H and O–H groups in total. The summed E-state index contributed by atoms with van der Waals surface area (Å²) in [5.41, 5.74) is 6.34. The molecular formula is C49H31N3O. The highest BCUT2D eigenvalue weighted by molar-refractivity contribution is 6.20. The summed E-state index contributed by atoms with van der Waals surface area (Å²) >= 11 is 0. The van der Waals surface area contributed by atoms with Crippen LogP contribution in [0.25, 0.3) is 88.4 Å². The van der Waals surface area contributed by atoms with Crippen molar-refractivity contribution >= 4 is 43.1 Å². The second kappa shape index (κ2) is 11.8. The number of aromatic nitrogens is 3. The van der Waals surface area contributed by atoms with E-state index >= 15 is 0 Å². The predicted octanol–water partition coefficient (Wildman–Crippen LogP) is 12.5. The average molecular weight is 678 g/mol. The Bertz CT molecular complexity index is 3010. The molecular weight excluding hydrogens is 647 g/mol. The van der Waals surface area contributed by atoms with Crippen molar-refractivity contribution in [3.63, 3.8) is 0 Å². The highest BCUT2D eigenvalue weighted by Crippen LogP contribution is 2.48. The van der Waals surface area contributed by atoms with E-state index in [1.54, 1.807) is 0 Å². The summed E-state index contributed by atoms with van der Waals surface area (Å²) in [5, 5.41) is 9.80. The van der Waals surface area contributed by atoms with Crippen molar-refractivity contribution in [3.8, 4) is 51.0 Å².